The van der Waals surface area contributed by atoms with E-state index in [0.717, 1.165) is 20.7 Å². The lowest BCUT2D eigenvalue weighted by Crippen LogP contribution is -1.95. The van der Waals surface area contributed by atoms with Crippen LogP contribution in [0.3, 0.4) is 0 Å². The maximum atomic E-state index is 5.96. The summed E-state index contributed by atoms with van der Waals surface area (Å²) in [6, 6.07) is 13.7. The molecule has 0 spiro atoms. The highest BCUT2D eigenvalue weighted by atomic mass is 35.5. The quantitative estimate of drug-likeness (QED) is 0.714. The number of para-hydroxylation sites is 1. The minimum Gasteiger partial charge on any atom is -0.267 e. The van der Waals surface area contributed by atoms with E-state index < -0.39 is 0 Å². The lowest BCUT2D eigenvalue weighted by Gasteiger charge is -2.04. The van der Waals surface area contributed by atoms with Gasteiger partial charge in [-0.2, -0.15) is 5.10 Å². The fourth-order valence-corrected chi connectivity index (χ4v) is 2.97. The minimum absolute atomic E-state index is 0.570. The highest BCUT2D eigenvalue weighted by Gasteiger charge is 2.12. The molecule has 3 nitrogen and oxygen atoms in total. The molecule has 90 valence electrons. The molecule has 1 aromatic carbocycles. The van der Waals surface area contributed by atoms with Crippen LogP contribution in [0, 0.1) is 4.77 Å². The van der Waals surface area contributed by atoms with Crippen LogP contribution in [0.5, 0.6) is 0 Å². The summed E-state index contributed by atoms with van der Waals surface area (Å²) < 4.78 is 3.21. The van der Waals surface area contributed by atoms with Crippen LogP contribution < -0.4 is 0 Å². The topological polar surface area (TPSA) is 33.6 Å². The Hall–Kier alpha value is -1.43. The predicted molar refractivity (Wildman–Crippen MR) is 77.1 cm³/mol. The highest BCUT2D eigenvalue weighted by Crippen LogP contribution is 2.31. The first-order valence-corrected chi connectivity index (χ1v) is 6.84. The molecular formula is C12H8ClN3S2. The molecule has 1 N–H and O–H groups in total. The molecule has 3 aromatic rings. The molecule has 0 fully saturated rings. The number of H-pyrrole nitrogens is 1. The van der Waals surface area contributed by atoms with Crippen molar-refractivity contribution in [2.24, 2.45) is 0 Å². The summed E-state index contributed by atoms with van der Waals surface area (Å²) in [6.45, 7) is 0. The number of rotatable bonds is 2. The maximum Gasteiger partial charge on any atom is 0.200 e. The Balaban J connectivity index is 2.22. The summed E-state index contributed by atoms with van der Waals surface area (Å²) in [5, 5.41) is 7.10. The molecule has 0 aliphatic heterocycles. The monoisotopic (exact) mass is 293 g/mol. The number of nitrogens with one attached hydrogen (secondary N) is 1. The molecule has 0 aliphatic rings. The first kappa shape index (κ1) is 11.6. The summed E-state index contributed by atoms with van der Waals surface area (Å²) >= 11 is 12.7. The summed E-state index contributed by atoms with van der Waals surface area (Å²) in [5.41, 5.74) is 0.982. The van der Waals surface area contributed by atoms with Gasteiger partial charge in [-0.15, -0.1) is 11.3 Å². The molecule has 0 amide bonds. The number of halogens is 1. The predicted octanol–water partition coefficient (Wildman–Crippen LogP) is 4.31. The van der Waals surface area contributed by atoms with Gasteiger partial charge in [0.1, 0.15) is 0 Å². The van der Waals surface area contributed by atoms with E-state index in [9.17, 15) is 0 Å². The molecule has 0 atom stereocenters. The standard InChI is InChI=1S/C12H8ClN3S2/c13-10-7-6-9(18-10)11-14-15-12(17)16(11)8-4-2-1-3-5-8/h1-7H,(H,15,17). The van der Waals surface area contributed by atoms with Crippen molar-refractivity contribution in [2.45, 2.75) is 0 Å². The van der Waals surface area contributed by atoms with Crippen LogP contribution in [0.25, 0.3) is 16.4 Å². The summed E-state index contributed by atoms with van der Waals surface area (Å²) in [4.78, 5) is 0.983. The average Bonchev–Trinajstić information content (AvgIpc) is 2.96. The molecular weight excluding hydrogens is 286 g/mol. The number of aromatic amines is 1. The second-order valence-electron chi connectivity index (χ2n) is 3.63. The molecule has 0 saturated heterocycles. The molecule has 2 heterocycles. The van der Waals surface area contributed by atoms with E-state index in [4.69, 9.17) is 23.8 Å². The molecule has 0 aliphatic carbocycles. The van der Waals surface area contributed by atoms with Gasteiger partial charge in [-0.25, -0.2) is 0 Å². The summed E-state index contributed by atoms with van der Waals surface area (Å²) in [5.74, 6) is 0.781. The van der Waals surface area contributed by atoms with Gasteiger partial charge >= 0.3 is 0 Å². The number of aromatic nitrogens is 3. The van der Waals surface area contributed by atoms with Crippen molar-refractivity contribution in [1.82, 2.24) is 14.8 Å². The molecule has 0 saturated carbocycles. The van der Waals surface area contributed by atoms with Gasteiger partial charge in [0.15, 0.2) is 10.6 Å². The lowest BCUT2D eigenvalue weighted by atomic mass is 10.3. The van der Waals surface area contributed by atoms with E-state index in [1.807, 2.05) is 47.0 Å². The van der Waals surface area contributed by atoms with Crippen molar-refractivity contribution >= 4 is 35.2 Å². The third-order valence-electron chi connectivity index (χ3n) is 2.48. The van der Waals surface area contributed by atoms with Gasteiger partial charge in [0.25, 0.3) is 0 Å². The van der Waals surface area contributed by atoms with E-state index in [1.165, 1.54) is 11.3 Å². The Kier molecular flexibility index (Phi) is 3.03. The van der Waals surface area contributed by atoms with Crippen LogP contribution in [-0.4, -0.2) is 14.8 Å². The van der Waals surface area contributed by atoms with Crippen LogP contribution >= 0.6 is 35.2 Å². The van der Waals surface area contributed by atoms with Crippen LogP contribution in [-0.2, 0) is 0 Å². The molecule has 0 radical (unpaired) electrons. The number of hydrogen-bond donors (Lipinski definition) is 1. The second kappa shape index (κ2) is 4.68. The third-order valence-corrected chi connectivity index (χ3v) is 3.98. The first-order chi connectivity index (χ1) is 8.75. The fourth-order valence-electron chi connectivity index (χ4n) is 1.71. The zero-order chi connectivity index (χ0) is 12.5. The molecule has 0 bridgehead atoms. The van der Waals surface area contributed by atoms with Crippen LogP contribution in [0.2, 0.25) is 4.34 Å². The van der Waals surface area contributed by atoms with Gasteiger partial charge in [-0.3, -0.25) is 9.67 Å². The van der Waals surface area contributed by atoms with Crippen molar-refractivity contribution in [3.05, 3.63) is 51.6 Å². The molecule has 2 aromatic heterocycles. The average molecular weight is 294 g/mol. The number of benzene rings is 1. The second-order valence-corrected chi connectivity index (χ2v) is 5.73. The fraction of sp³-hybridized carbons (Fsp3) is 0. The minimum atomic E-state index is 0.570. The maximum absolute atomic E-state index is 5.96. The highest BCUT2D eigenvalue weighted by molar-refractivity contribution is 7.71. The molecule has 0 unspecified atom stereocenters. The van der Waals surface area contributed by atoms with Crippen LogP contribution in [0.1, 0.15) is 0 Å². The number of thiophene rings is 1. The van der Waals surface area contributed by atoms with Gasteiger partial charge in [-0.05, 0) is 36.5 Å². The van der Waals surface area contributed by atoms with E-state index in [1.54, 1.807) is 0 Å². The van der Waals surface area contributed by atoms with Crippen LogP contribution in [0.4, 0.5) is 0 Å². The van der Waals surface area contributed by atoms with Gasteiger partial charge in [-0.1, -0.05) is 29.8 Å². The van der Waals surface area contributed by atoms with E-state index >= 15 is 0 Å². The Labute approximate surface area is 118 Å². The van der Waals surface area contributed by atoms with E-state index in [2.05, 4.69) is 10.2 Å². The molecule has 18 heavy (non-hydrogen) atoms. The molecule has 3 rings (SSSR count). The van der Waals surface area contributed by atoms with Gasteiger partial charge in [0.05, 0.1) is 9.21 Å². The number of nitrogens with zero attached hydrogens (tertiary/aromatic N) is 2. The smallest absolute Gasteiger partial charge is 0.200 e. The summed E-state index contributed by atoms with van der Waals surface area (Å²) in [7, 11) is 0. The normalized spacial score (nSPS) is 10.7. The SMILES string of the molecule is S=c1[nH]nc(-c2ccc(Cl)s2)n1-c1ccccc1. The van der Waals surface area contributed by atoms with Crippen molar-refractivity contribution in [3.63, 3.8) is 0 Å². The first-order valence-electron chi connectivity index (χ1n) is 5.24. The van der Waals surface area contributed by atoms with E-state index in [0.29, 0.717) is 4.77 Å². The number of hydrogen-bond acceptors (Lipinski definition) is 3. The van der Waals surface area contributed by atoms with Gasteiger partial charge in [0, 0.05) is 5.69 Å². The summed E-state index contributed by atoms with van der Waals surface area (Å²) in [6.07, 6.45) is 0. The van der Waals surface area contributed by atoms with Crippen molar-refractivity contribution in [1.29, 1.82) is 0 Å². The molecule has 6 heteroatoms. The van der Waals surface area contributed by atoms with Crippen molar-refractivity contribution in [3.8, 4) is 16.4 Å². The Morgan fingerprint density at radius 1 is 1.17 bits per heavy atom. The zero-order valence-electron chi connectivity index (χ0n) is 9.13. The third kappa shape index (κ3) is 2.01. The Bertz CT molecular complexity index is 727. The zero-order valence-corrected chi connectivity index (χ0v) is 11.5. The van der Waals surface area contributed by atoms with Gasteiger partial charge in [0.2, 0.25) is 0 Å². The van der Waals surface area contributed by atoms with Crippen molar-refractivity contribution in [2.75, 3.05) is 0 Å². The Morgan fingerprint density at radius 2 is 1.94 bits per heavy atom. The van der Waals surface area contributed by atoms with Crippen molar-refractivity contribution < 1.29 is 0 Å². The largest absolute Gasteiger partial charge is 0.267 e. The lowest BCUT2D eigenvalue weighted by molar-refractivity contribution is 1.04. The Morgan fingerprint density at radius 3 is 2.61 bits per heavy atom. The van der Waals surface area contributed by atoms with E-state index in [-0.39, 0.29) is 0 Å². The van der Waals surface area contributed by atoms with Crippen LogP contribution in [0.15, 0.2) is 42.5 Å². The van der Waals surface area contributed by atoms with Gasteiger partial charge < -0.3 is 0 Å².